The highest BCUT2D eigenvalue weighted by molar-refractivity contribution is 6.33. The second-order valence-electron chi connectivity index (χ2n) is 4.65. The van der Waals surface area contributed by atoms with Crippen molar-refractivity contribution in [2.24, 2.45) is 5.92 Å². The van der Waals surface area contributed by atoms with Crippen LogP contribution in [-0.2, 0) is 9.47 Å². The minimum Gasteiger partial charge on any atom is -0.465 e. The van der Waals surface area contributed by atoms with Gasteiger partial charge < -0.3 is 14.8 Å². The number of benzene rings is 1. The van der Waals surface area contributed by atoms with Crippen molar-refractivity contribution in [1.29, 1.82) is 0 Å². The molecule has 1 saturated heterocycles. The number of hydrogen-bond donors (Lipinski definition) is 1. The first-order valence-electron chi connectivity index (χ1n) is 6.40. The van der Waals surface area contributed by atoms with E-state index < -0.39 is 0 Å². The van der Waals surface area contributed by atoms with Crippen LogP contribution in [0.3, 0.4) is 0 Å². The van der Waals surface area contributed by atoms with Crippen LogP contribution in [0.15, 0.2) is 18.2 Å². The van der Waals surface area contributed by atoms with E-state index in [0.29, 0.717) is 16.5 Å². The first kappa shape index (κ1) is 14.2. The minimum absolute atomic E-state index is 0.360. The molecule has 1 atom stereocenters. The Balaban J connectivity index is 2.00. The summed E-state index contributed by atoms with van der Waals surface area (Å²) in [5.74, 6) is 0.132. The Morgan fingerprint density at radius 3 is 3.11 bits per heavy atom. The van der Waals surface area contributed by atoms with Crippen molar-refractivity contribution in [3.05, 3.63) is 28.8 Å². The molecule has 0 radical (unpaired) electrons. The first-order valence-corrected chi connectivity index (χ1v) is 6.78. The zero-order valence-electron chi connectivity index (χ0n) is 10.9. The molecule has 5 heteroatoms. The van der Waals surface area contributed by atoms with E-state index in [1.54, 1.807) is 18.2 Å². The molecule has 1 aliphatic heterocycles. The third-order valence-electron chi connectivity index (χ3n) is 3.22. The van der Waals surface area contributed by atoms with Gasteiger partial charge >= 0.3 is 5.97 Å². The molecule has 1 unspecified atom stereocenters. The summed E-state index contributed by atoms with van der Waals surface area (Å²) >= 11 is 6.12. The summed E-state index contributed by atoms with van der Waals surface area (Å²) in [7, 11) is 1.36. The number of halogens is 1. The lowest BCUT2D eigenvalue weighted by Gasteiger charge is -2.23. The molecule has 0 aromatic heterocycles. The third-order valence-corrected chi connectivity index (χ3v) is 3.55. The van der Waals surface area contributed by atoms with Crippen LogP contribution in [0.25, 0.3) is 0 Å². The van der Waals surface area contributed by atoms with E-state index in [1.807, 2.05) is 0 Å². The van der Waals surface area contributed by atoms with Crippen molar-refractivity contribution in [3.63, 3.8) is 0 Å². The Hall–Kier alpha value is -1.26. The average Bonchev–Trinajstić information content (AvgIpc) is 2.46. The van der Waals surface area contributed by atoms with E-state index in [2.05, 4.69) is 5.32 Å². The lowest BCUT2D eigenvalue weighted by molar-refractivity contribution is 0.0593. The van der Waals surface area contributed by atoms with E-state index >= 15 is 0 Å². The van der Waals surface area contributed by atoms with Crippen LogP contribution in [0.4, 0.5) is 5.69 Å². The molecule has 0 spiro atoms. The van der Waals surface area contributed by atoms with E-state index in [-0.39, 0.29) is 5.97 Å². The highest BCUT2D eigenvalue weighted by atomic mass is 35.5. The van der Waals surface area contributed by atoms with Gasteiger partial charge in [-0.2, -0.15) is 0 Å². The quantitative estimate of drug-likeness (QED) is 0.863. The van der Waals surface area contributed by atoms with Crippen molar-refractivity contribution in [1.82, 2.24) is 0 Å². The Kier molecular flexibility index (Phi) is 5.05. The van der Waals surface area contributed by atoms with Crippen LogP contribution in [0.2, 0.25) is 5.02 Å². The summed E-state index contributed by atoms with van der Waals surface area (Å²) in [5.41, 5.74) is 1.25. The van der Waals surface area contributed by atoms with Gasteiger partial charge in [0.25, 0.3) is 0 Å². The molecule has 1 aromatic rings. The van der Waals surface area contributed by atoms with Gasteiger partial charge in [0, 0.05) is 13.2 Å². The standard InChI is InChI=1S/C14H18ClNO3/c1-18-14(17)11-4-5-12(15)13(7-11)16-8-10-3-2-6-19-9-10/h4-5,7,10,16H,2-3,6,8-9H2,1H3. The fraction of sp³-hybridized carbons (Fsp3) is 0.500. The van der Waals surface area contributed by atoms with Crippen LogP contribution in [-0.4, -0.2) is 32.8 Å². The summed E-state index contributed by atoms with van der Waals surface area (Å²) in [6.07, 6.45) is 2.25. The smallest absolute Gasteiger partial charge is 0.337 e. The second kappa shape index (κ2) is 6.78. The Labute approximate surface area is 118 Å². The topological polar surface area (TPSA) is 47.6 Å². The molecule has 2 rings (SSSR count). The van der Waals surface area contributed by atoms with E-state index in [4.69, 9.17) is 21.1 Å². The molecule has 1 aromatic carbocycles. The average molecular weight is 284 g/mol. The highest BCUT2D eigenvalue weighted by Crippen LogP contribution is 2.24. The number of carbonyl (C=O) groups excluding carboxylic acids is 1. The van der Waals surface area contributed by atoms with Gasteiger partial charge in [-0.3, -0.25) is 0 Å². The number of esters is 1. The van der Waals surface area contributed by atoms with Crippen molar-refractivity contribution >= 4 is 23.3 Å². The highest BCUT2D eigenvalue weighted by Gasteiger charge is 2.15. The molecule has 1 fully saturated rings. The first-order chi connectivity index (χ1) is 9.20. The predicted molar refractivity (Wildman–Crippen MR) is 74.8 cm³/mol. The predicted octanol–water partition coefficient (Wildman–Crippen LogP) is 2.97. The monoisotopic (exact) mass is 283 g/mol. The molecule has 1 aliphatic rings. The van der Waals surface area contributed by atoms with E-state index in [1.165, 1.54) is 7.11 Å². The zero-order chi connectivity index (χ0) is 13.7. The van der Waals surface area contributed by atoms with Crippen molar-refractivity contribution in [2.45, 2.75) is 12.8 Å². The minimum atomic E-state index is -0.360. The summed E-state index contributed by atoms with van der Waals surface area (Å²) in [4.78, 5) is 11.5. The SMILES string of the molecule is COC(=O)c1ccc(Cl)c(NCC2CCCOC2)c1. The van der Waals surface area contributed by atoms with Gasteiger partial charge in [0.15, 0.2) is 0 Å². The lowest BCUT2D eigenvalue weighted by atomic mass is 10.0. The lowest BCUT2D eigenvalue weighted by Crippen LogP contribution is -2.24. The third kappa shape index (κ3) is 3.85. The largest absolute Gasteiger partial charge is 0.465 e. The van der Waals surface area contributed by atoms with E-state index in [0.717, 1.165) is 38.3 Å². The molecule has 0 saturated carbocycles. The van der Waals surface area contributed by atoms with Crippen molar-refractivity contribution in [3.8, 4) is 0 Å². The van der Waals surface area contributed by atoms with Gasteiger partial charge in [-0.1, -0.05) is 11.6 Å². The van der Waals surface area contributed by atoms with Crippen molar-refractivity contribution in [2.75, 3.05) is 32.2 Å². The van der Waals surface area contributed by atoms with Gasteiger partial charge in [0.05, 0.1) is 30.0 Å². The number of rotatable bonds is 4. The zero-order valence-corrected chi connectivity index (χ0v) is 11.7. The second-order valence-corrected chi connectivity index (χ2v) is 5.06. The van der Waals surface area contributed by atoms with Gasteiger partial charge in [-0.25, -0.2) is 4.79 Å². The normalized spacial score (nSPS) is 18.9. The summed E-state index contributed by atoms with van der Waals surface area (Å²) in [6, 6.07) is 5.08. The molecule has 19 heavy (non-hydrogen) atoms. The number of anilines is 1. The van der Waals surface area contributed by atoms with Crippen LogP contribution in [0.5, 0.6) is 0 Å². The molecule has 0 amide bonds. The Morgan fingerprint density at radius 2 is 2.42 bits per heavy atom. The molecule has 1 heterocycles. The van der Waals surface area contributed by atoms with Gasteiger partial charge in [0.2, 0.25) is 0 Å². The maximum Gasteiger partial charge on any atom is 0.337 e. The maximum absolute atomic E-state index is 11.5. The number of ether oxygens (including phenoxy) is 2. The fourth-order valence-electron chi connectivity index (χ4n) is 2.13. The molecular formula is C14H18ClNO3. The molecule has 0 aliphatic carbocycles. The maximum atomic E-state index is 11.5. The number of carbonyl (C=O) groups is 1. The molecular weight excluding hydrogens is 266 g/mol. The summed E-state index contributed by atoms with van der Waals surface area (Å²) in [6.45, 7) is 2.43. The van der Waals surface area contributed by atoms with Crippen LogP contribution < -0.4 is 5.32 Å². The van der Waals surface area contributed by atoms with Gasteiger partial charge in [0.1, 0.15) is 0 Å². The van der Waals surface area contributed by atoms with E-state index in [9.17, 15) is 4.79 Å². The molecule has 4 nitrogen and oxygen atoms in total. The van der Waals surface area contributed by atoms with Crippen LogP contribution >= 0.6 is 11.6 Å². The molecule has 1 N–H and O–H groups in total. The van der Waals surface area contributed by atoms with Crippen LogP contribution in [0.1, 0.15) is 23.2 Å². The van der Waals surface area contributed by atoms with Gasteiger partial charge in [-0.05, 0) is 37.0 Å². The summed E-state index contributed by atoms with van der Waals surface area (Å²) < 4.78 is 10.1. The molecule has 104 valence electrons. The Morgan fingerprint density at radius 1 is 1.58 bits per heavy atom. The Bertz CT molecular complexity index is 444. The fourth-order valence-corrected chi connectivity index (χ4v) is 2.31. The number of methoxy groups -OCH3 is 1. The number of nitrogens with one attached hydrogen (secondary N) is 1. The molecule has 0 bridgehead atoms. The van der Waals surface area contributed by atoms with Crippen LogP contribution in [0, 0.1) is 5.92 Å². The van der Waals surface area contributed by atoms with Gasteiger partial charge in [-0.15, -0.1) is 0 Å². The van der Waals surface area contributed by atoms with Crippen molar-refractivity contribution < 1.29 is 14.3 Å². The summed E-state index contributed by atoms with van der Waals surface area (Å²) in [5, 5.41) is 3.88. The number of hydrogen-bond acceptors (Lipinski definition) is 4.